The van der Waals surface area contributed by atoms with Crippen LogP contribution in [-0.2, 0) is 13.1 Å². The molecule has 6 nitrogen and oxygen atoms in total. The Bertz CT molecular complexity index is 911. The Labute approximate surface area is 138 Å². The van der Waals surface area contributed by atoms with Gasteiger partial charge >= 0.3 is 0 Å². The van der Waals surface area contributed by atoms with Gasteiger partial charge in [-0.3, -0.25) is 9.48 Å². The number of fused-ring (bicyclic) bond motifs is 1. The van der Waals surface area contributed by atoms with Crippen LogP contribution in [0.4, 0.5) is 4.39 Å². The lowest BCUT2D eigenvalue weighted by atomic mass is 10.2. The van der Waals surface area contributed by atoms with E-state index in [0.29, 0.717) is 24.0 Å². The van der Waals surface area contributed by atoms with E-state index in [2.05, 4.69) is 21.6 Å². The number of carbonyl (C=O) groups excluding carboxylic acids is 1. The monoisotopic (exact) mass is 327 g/mol. The number of rotatable bonds is 5. The van der Waals surface area contributed by atoms with Crippen molar-refractivity contribution < 1.29 is 9.18 Å². The van der Waals surface area contributed by atoms with E-state index in [-0.39, 0.29) is 11.6 Å². The molecule has 0 bridgehead atoms. The highest BCUT2D eigenvalue weighted by Crippen LogP contribution is 2.23. The molecule has 0 saturated heterocycles. The maximum absolute atomic E-state index is 14.2. The van der Waals surface area contributed by atoms with Gasteiger partial charge in [-0.25, -0.2) is 9.37 Å². The Morgan fingerprint density at radius 1 is 1.50 bits per heavy atom. The lowest BCUT2D eigenvalue weighted by Gasteiger charge is -2.15. The van der Waals surface area contributed by atoms with Crippen LogP contribution < -0.4 is 0 Å². The molecular formula is C17H18FN5O. The highest BCUT2D eigenvalue weighted by atomic mass is 19.1. The van der Waals surface area contributed by atoms with Crippen LogP contribution in [0, 0.1) is 12.7 Å². The number of H-pyrrole nitrogens is 1. The third kappa shape index (κ3) is 2.68. The summed E-state index contributed by atoms with van der Waals surface area (Å²) in [7, 11) is 1.67. The summed E-state index contributed by atoms with van der Waals surface area (Å²) in [6.45, 7) is 6.22. The van der Waals surface area contributed by atoms with Crippen LogP contribution in [0.15, 0.2) is 37.2 Å². The first-order valence-corrected chi connectivity index (χ1v) is 7.53. The molecule has 0 spiro atoms. The molecule has 0 aliphatic heterocycles. The van der Waals surface area contributed by atoms with Crippen LogP contribution in [0.25, 0.3) is 10.9 Å². The minimum Gasteiger partial charge on any atom is -0.348 e. The normalized spacial score (nSPS) is 11.0. The zero-order valence-corrected chi connectivity index (χ0v) is 13.6. The number of hydrogen-bond acceptors (Lipinski definition) is 3. The van der Waals surface area contributed by atoms with Crippen molar-refractivity contribution in [3.05, 3.63) is 60.1 Å². The molecular weight excluding hydrogens is 309 g/mol. The molecule has 0 radical (unpaired) electrons. The van der Waals surface area contributed by atoms with Gasteiger partial charge in [-0.05, 0) is 13.0 Å². The van der Waals surface area contributed by atoms with E-state index in [1.165, 1.54) is 15.6 Å². The first-order valence-electron chi connectivity index (χ1n) is 7.53. The van der Waals surface area contributed by atoms with Gasteiger partial charge in [0.05, 0.1) is 25.1 Å². The zero-order chi connectivity index (χ0) is 17.3. The van der Waals surface area contributed by atoms with Gasteiger partial charge in [-0.2, -0.15) is 5.10 Å². The smallest absolute Gasteiger partial charge is 0.275 e. The van der Waals surface area contributed by atoms with Crippen molar-refractivity contribution in [2.75, 3.05) is 7.05 Å². The fraction of sp³-hybridized carbons (Fsp3) is 0.235. The lowest BCUT2D eigenvalue weighted by molar-refractivity contribution is 0.0778. The van der Waals surface area contributed by atoms with Crippen molar-refractivity contribution in [2.24, 2.45) is 0 Å². The SMILES string of the molecule is C=CCn1nc(C(=O)N(C)Cc2nc[nH]c2C)c2cccc(F)c21. The van der Waals surface area contributed by atoms with Gasteiger partial charge in [0.1, 0.15) is 11.3 Å². The summed E-state index contributed by atoms with van der Waals surface area (Å²) in [6, 6.07) is 4.63. The van der Waals surface area contributed by atoms with Crippen molar-refractivity contribution in [1.29, 1.82) is 0 Å². The summed E-state index contributed by atoms with van der Waals surface area (Å²) in [4.78, 5) is 21.5. The first kappa shape index (κ1) is 15.9. The number of halogens is 1. The number of amides is 1. The molecule has 0 aliphatic carbocycles. The summed E-state index contributed by atoms with van der Waals surface area (Å²) >= 11 is 0. The maximum atomic E-state index is 14.2. The quantitative estimate of drug-likeness (QED) is 0.733. The molecule has 1 amide bonds. The molecule has 2 aromatic heterocycles. The molecule has 0 atom stereocenters. The largest absolute Gasteiger partial charge is 0.348 e. The Kier molecular flexibility index (Phi) is 4.16. The standard InChI is InChI=1S/C17H18FN5O/c1-4-8-23-16-12(6-5-7-13(16)18)15(21-23)17(24)22(3)9-14-11(2)19-10-20-14/h4-7,10H,1,8-9H2,2-3H3,(H,19,20). The number of nitrogens with one attached hydrogen (secondary N) is 1. The van der Waals surface area contributed by atoms with Crippen molar-refractivity contribution in [1.82, 2.24) is 24.6 Å². The average molecular weight is 327 g/mol. The zero-order valence-electron chi connectivity index (χ0n) is 13.6. The van der Waals surface area contributed by atoms with Crippen LogP contribution in [0.3, 0.4) is 0 Å². The molecule has 1 aromatic carbocycles. The molecule has 0 aliphatic rings. The summed E-state index contributed by atoms with van der Waals surface area (Å²) in [5.41, 5.74) is 2.22. The van der Waals surface area contributed by atoms with Crippen molar-refractivity contribution in [2.45, 2.75) is 20.0 Å². The minimum atomic E-state index is -0.410. The third-order valence-electron chi connectivity index (χ3n) is 3.89. The van der Waals surface area contributed by atoms with E-state index in [9.17, 15) is 9.18 Å². The minimum absolute atomic E-state index is 0.224. The maximum Gasteiger partial charge on any atom is 0.275 e. The van der Waals surface area contributed by atoms with Gasteiger partial charge in [0, 0.05) is 18.1 Å². The summed E-state index contributed by atoms with van der Waals surface area (Å²) in [5, 5.41) is 4.79. The second-order valence-corrected chi connectivity index (χ2v) is 5.59. The van der Waals surface area contributed by atoms with E-state index >= 15 is 0 Å². The fourth-order valence-electron chi connectivity index (χ4n) is 2.63. The molecule has 0 saturated carbocycles. The number of hydrogen-bond donors (Lipinski definition) is 1. The van der Waals surface area contributed by atoms with E-state index in [1.54, 1.807) is 31.6 Å². The third-order valence-corrected chi connectivity index (χ3v) is 3.89. The Hall–Kier alpha value is -2.96. The molecule has 124 valence electrons. The molecule has 0 fully saturated rings. The molecule has 3 rings (SSSR count). The number of nitrogens with zero attached hydrogens (tertiary/aromatic N) is 4. The summed E-state index contributed by atoms with van der Waals surface area (Å²) in [6.07, 6.45) is 3.20. The number of allylic oxidation sites excluding steroid dienone is 1. The van der Waals surface area contributed by atoms with Crippen LogP contribution >= 0.6 is 0 Å². The average Bonchev–Trinajstić information content (AvgIpc) is 3.12. The van der Waals surface area contributed by atoms with Crippen LogP contribution in [0.2, 0.25) is 0 Å². The highest BCUT2D eigenvalue weighted by molar-refractivity contribution is 6.04. The second kappa shape index (κ2) is 6.27. The van der Waals surface area contributed by atoms with Crippen molar-refractivity contribution in [3.8, 4) is 0 Å². The van der Waals surface area contributed by atoms with Crippen LogP contribution in [0.5, 0.6) is 0 Å². The number of carbonyl (C=O) groups is 1. The van der Waals surface area contributed by atoms with Crippen molar-refractivity contribution in [3.63, 3.8) is 0 Å². The van der Waals surface area contributed by atoms with E-state index in [0.717, 1.165) is 11.4 Å². The predicted molar refractivity (Wildman–Crippen MR) is 89.0 cm³/mol. The van der Waals surface area contributed by atoms with Gasteiger partial charge in [-0.15, -0.1) is 6.58 Å². The van der Waals surface area contributed by atoms with Gasteiger partial charge in [-0.1, -0.05) is 18.2 Å². The number of benzene rings is 1. The molecule has 24 heavy (non-hydrogen) atoms. The summed E-state index contributed by atoms with van der Waals surface area (Å²) in [5.74, 6) is -0.692. The Balaban J connectivity index is 1.99. The first-order chi connectivity index (χ1) is 11.5. The fourth-order valence-corrected chi connectivity index (χ4v) is 2.63. The topological polar surface area (TPSA) is 66.8 Å². The number of aromatic nitrogens is 4. The van der Waals surface area contributed by atoms with Crippen LogP contribution in [-0.4, -0.2) is 37.6 Å². The lowest BCUT2D eigenvalue weighted by Crippen LogP contribution is -2.27. The Morgan fingerprint density at radius 2 is 2.29 bits per heavy atom. The summed E-state index contributed by atoms with van der Waals surface area (Å²) < 4.78 is 15.6. The van der Waals surface area contributed by atoms with Gasteiger partial charge in [0.2, 0.25) is 0 Å². The second-order valence-electron chi connectivity index (χ2n) is 5.59. The molecule has 0 unspecified atom stereocenters. The van der Waals surface area contributed by atoms with Gasteiger partial charge in [0.25, 0.3) is 5.91 Å². The Morgan fingerprint density at radius 3 is 2.96 bits per heavy atom. The number of aryl methyl sites for hydroxylation is 1. The predicted octanol–water partition coefficient (Wildman–Crippen LogP) is 2.67. The van der Waals surface area contributed by atoms with E-state index < -0.39 is 5.82 Å². The van der Waals surface area contributed by atoms with Crippen LogP contribution in [0.1, 0.15) is 21.9 Å². The van der Waals surface area contributed by atoms with E-state index in [4.69, 9.17) is 0 Å². The molecule has 7 heteroatoms. The number of imidazole rings is 1. The molecule has 1 N–H and O–H groups in total. The molecule has 3 aromatic rings. The van der Waals surface area contributed by atoms with Gasteiger partial charge in [0.15, 0.2) is 5.69 Å². The number of para-hydroxylation sites is 1. The number of aromatic amines is 1. The van der Waals surface area contributed by atoms with Crippen molar-refractivity contribution >= 4 is 16.8 Å². The molecule has 2 heterocycles. The van der Waals surface area contributed by atoms with Gasteiger partial charge < -0.3 is 9.88 Å². The highest BCUT2D eigenvalue weighted by Gasteiger charge is 2.22. The van der Waals surface area contributed by atoms with E-state index in [1.807, 2.05) is 6.92 Å².